The maximum Gasteiger partial charge on any atom is 0.234 e. The smallest absolute Gasteiger partial charge is 0.234 e. The van der Waals surface area contributed by atoms with Gasteiger partial charge in [0, 0.05) is 15.6 Å². The molecule has 0 saturated heterocycles. The molecule has 0 saturated carbocycles. The fraction of sp³-hybridized carbons (Fsp3) is 0.133. The van der Waals surface area contributed by atoms with E-state index in [-0.39, 0.29) is 22.4 Å². The fourth-order valence-electron chi connectivity index (χ4n) is 1.75. The van der Waals surface area contributed by atoms with E-state index in [0.717, 1.165) is 16.5 Å². The number of hydrogen-bond acceptors (Lipinski definition) is 3. The zero-order valence-electron chi connectivity index (χ0n) is 11.3. The van der Waals surface area contributed by atoms with Crippen molar-refractivity contribution >= 4 is 40.6 Å². The number of nitrogen functional groups attached to an aromatic ring is 1. The Morgan fingerprint density at radius 1 is 1.33 bits per heavy atom. The van der Waals surface area contributed by atoms with Crippen molar-refractivity contribution in [3.05, 3.63) is 52.8 Å². The summed E-state index contributed by atoms with van der Waals surface area (Å²) in [6, 6.07) is 9.62. The summed E-state index contributed by atoms with van der Waals surface area (Å²) in [5.74, 6) is -0.644. The van der Waals surface area contributed by atoms with Crippen molar-refractivity contribution in [3.8, 4) is 0 Å². The molecule has 1 amide bonds. The summed E-state index contributed by atoms with van der Waals surface area (Å²) in [4.78, 5) is 12.8. The number of anilines is 2. The maximum absolute atomic E-state index is 13.6. The molecule has 0 fully saturated rings. The Hall–Kier alpha value is -1.72. The van der Waals surface area contributed by atoms with Gasteiger partial charge in [0.15, 0.2) is 0 Å². The van der Waals surface area contributed by atoms with E-state index in [1.54, 1.807) is 6.07 Å². The van der Waals surface area contributed by atoms with Crippen LogP contribution in [0.25, 0.3) is 0 Å². The molecule has 0 bridgehead atoms. The van der Waals surface area contributed by atoms with Gasteiger partial charge in [-0.25, -0.2) is 4.39 Å². The van der Waals surface area contributed by atoms with Gasteiger partial charge in [-0.05, 0) is 48.9 Å². The van der Waals surface area contributed by atoms with Crippen LogP contribution < -0.4 is 11.1 Å². The summed E-state index contributed by atoms with van der Waals surface area (Å²) in [7, 11) is 0. The maximum atomic E-state index is 13.6. The van der Waals surface area contributed by atoms with Gasteiger partial charge in [-0.3, -0.25) is 4.79 Å². The van der Waals surface area contributed by atoms with Crippen LogP contribution in [-0.2, 0) is 4.79 Å². The molecular weight excluding hydrogens is 311 g/mol. The highest BCUT2D eigenvalue weighted by Crippen LogP contribution is 2.25. The summed E-state index contributed by atoms with van der Waals surface area (Å²) < 4.78 is 13.6. The van der Waals surface area contributed by atoms with Crippen molar-refractivity contribution in [1.29, 1.82) is 0 Å². The van der Waals surface area contributed by atoms with Crippen LogP contribution in [0.4, 0.5) is 15.8 Å². The molecule has 21 heavy (non-hydrogen) atoms. The predicted molar refractivity (Wildman–Crippen MR) is 86.4 cm³/mol. The molecule has 0 aromatic heterocycles. The molecule has 0 atom stereocenters. The number of thioether (sulfide) groups is 1. The number of carbonyl (C=O) groups is 1. The number of carbonyl (C=O) groups excluding carboxylic acids is 1. The van der Waals surface area contributed by atoms with Crippen LogP contribution in [-0.4, -0.2) is 11.7 Å². The summed E-state index contributed by atoms with van der Waals surface area (Å²) in [5.41, 5.74) is 7.49. The van der Waals surface area contributed by atoms with Crippen LogP contribution in [0.3, 0.4) is 0 Å². The van der Waals surface area contributed by atoms with Crippen molar-refractivity contribution in [1.82, 2.24) is 0 Å². The first-order valence-electron chi connectivity index (χ1n) is 6.19. The number of benzene rings is 2. The fourth-order valence-corrected chi connectivity index (χ4v) is 2.72. The average Bonchev–Trinajstić information content (AvgIpc) is 2.41. The second kappa shape index (κ2) is 6.83. The molecular formula is C15H14ClFN2OS. The lowest BCUT2D eigenvalue weighted by Gasteiger charge is -2.08. The SMILES string of the molecule is Cc1cc(N)ccc1SCC(=O)Nc1ccc(Cl)cc1F. The van der Waals surface area contributed by atoms with E-state index in [4.69, 9.17) is 17.3 Å². The minimum Gasteiger partial charge on any atom is -0.399 e. The molecule has 2 aromatic rings. The highest BCUT2D eigenvalue weighted by Gasteiger charge is 2.09. The second-order valence-electron chi connectivity index (χ2n) is 4.49. The summed E-state index contributed by atoms with van der Waals surface area (Å²) >= 11 is 7.03. The van der Waals surface area contributed by atoms with E-state index in [1.165, 1.54) is 23.9 Å². The standard InChI is InChI=1S/C15H14ClFN2OS/c1-9-6-11(18)3-5-14(9)21-8-15(20)19-13-4-2-10(16)7-12(13)17/h2-7H,8,18H2,1H3,(H,19,20). The van der Waals surface area contributed by atoms with Gasteiger partial charge < -0.3 is 11.1 Å². The van der Waals surface area contributed by atoms with Gasteiger partial charge in [0.25, 0.3) is 0 Å². The van der Waals surface area contributed by atoms with Crippen LogP contribution >= 0.6 is 23.4 Å². The van der Waals surface area contributed by atoms with Gasteiger partial charge in [0.1, 0.15) is 5.82 Å². The molecule has 0 radical (unpaired) electrons. The van der Waals surface area contributed by atoms with Gasteiger partial charge in [0.2, 0.25) is 5.91 Å². The van der Waals surface area contributed by atoms with Gasteiger partial charge in [-0.15, -0.1) is 11.8 Å². The third-order valence-corrected chi connectivity index (χ3v) is 4.17. The Morgan fingerprint density at radius 3 is 2.76 bits per heavy atom. The number of amides is 1. The molecule has 2 rings (SSSR count). The van der Waals surface area contributed by atoms with E-state index >= 15 is 0 Å². The van der Waals surface area contributed by atoms with E-state index < -0.39 is 5.82 Å². The molecule has 110 valence electrons. The molecule has 0 unspecified atom stereocenters. The summed E-state index contributed by atoms with van der Waals surface area (Å²) in [5, 5.41) is 2.81. The molecule has 0 spiro atoms. The number of halogens is 2. The topological polar surface area (TPSA) is 55.1 Å². The third kappa shape index (κ3) is 4.37. The molecule has 3 nitrogen and oxygen atoms in total. The van der Waals surface area contributed by atoms with Gasteiger partial charge in [-0.1, -0.05) is 11.6 Å². The van der Waals surface area contributed by atoms with E-state index in [9.17, 15) is 9.18 Å². The first-order valence-corrected chi connectivity index (χ1v) is 7.56. The lowest BCUT2D eigenvalue weighted by atomic mass is 10.2. The monoisotopic (exact) mass is 324 g/mol. The number of nitrogens with two attached hydrogens (primary N) is 1. The van der Waals surface area contributed by atoms with Gasteiger partial charge in [-0.2, -0.15) is 0 Å². The largest absolute Gasteiger partial charge is 0.399 e. The minimum atomic E-state index is -0.551. The Labute approximate surface area is 131 Å². The number of rotatable bonds is 4. The quantitative estimate of drug-likeness (QED) is 0.657. The lowest BCUT2D eigenvalue weighted by molar-refractivity contribution is -0.113. The highest BCUT2D eigenvalue weighted by molar-refractivity contribution is 8.00. The first-order chi connectivity index (χ1) is 9.95. The molecule has 3 N–H and O–H groups in total. The van der Waals surface area contributed by atoms with Gasteiger partial charge in [0.05, 0.1) is 11.4 Å². The zero-order valence-corrected chi connectivity index (χ0v) is 12.9. The van der Waals surface area contributed by atoms with Crippen molar-refractivity contribution in [2.24, 2.45) is 0 Å². The van der Waals surface area contributed by atoms with Crippen LogP contribution in [0.15, 0.2) is 41.3 Å². The van der Waals surface area contributed by atoms with Crippen molar-refractivity contribution in [2.45, 2.75) is 11.8 Å². The van der Waals surface area contributed by atoms with Crippen LogP contribution in [0, 0.1) is 12.7 Å². The molecule has 0 aliphatic heterocycles. The molecule has 0 aliphatic carbocycles. The van der Waals surface area contributed by atoms with Crippen LogP contribution in [0.2, 0.25) is 5.02 Å². The summed E-state index contributed by atoms with van der Waals surface area (Å²) in [6.45, 7) is 1.93. The molecule has 2 aromatic carbocycles. The zero-order chi connectivity index (χ0) is 15.4. The minimum absolute atomic E-state index is 0.124. The number of aryl methyl sites for hydroxylation is 1. The third-order valence-electron chi connectivity index (χ3n) is 2.76. The van der Waals surface area contributed by atoms with Gasteiger partial charge >= 0.3 is 0 Å². The van der Waals surface area contributed by atoms with Crippen molar-refractivity contribution in [3.63, 3.8) is 0 Å². The predicted octanol–water partition coefficient (Wildman–Crippen LogP) is 4.10. The average molecular weight is 325 g/mol. The molecule has 0 heterocycles. The highest BCUT2D eigenvalue weighted by atomic mass is 35.5. The van der Waals surface area contributed by atoms with Crippen molar-refractivity contribution in [2.75, 3.05) is 16.8 Å². The van der Waals surface area contributed by atoms with Crippen LogP contribution in [0.5, 0.6) is 0 Å². The molecule has 6 heteroatoms. The van der Waals surface area contributed by atoms with E-state index in [1.807, 2.05) is 19.1 Å². The second-order valence-corrected chi connectivity index (χ2v) is 5.94. The van der Waals surface area contributed by atoms with Crippen LogP contribution in [0.1, 0.15) is 5.56 Å². The molecule has 0 aliphatic rings. The number of nitrogens with one attached hydrogen (secondary N) is 1. The van der Waals surface area contributed by atoms with E-state index in [2.05, 4.69) is 5.32 Å². The Kier molecular flexibility index (Phi) is 5.09. The summed E-state index contributed by atoms with van der Waals surface area (Å²) in [6.07, 6.45) is 0. The Balaban J connectivity index is 1.96. The number of hydrogen-bond donors (Lipinski definition) is 2. The Morgan fingerprint density at radius 2 is 2.10 bits per heavy atom. The van der Waals surface area contributed by atoms with Crippen molar-refractivity contribution < 1.29 is 9.18 Å². The lowest BCUT2D eigenvalue weighted by Crippen LogP contribution is -2.15. The normalized spacial score (nSPS) is 10.4. The van der Waals surface area contributed by atoms with E-state index in [0.29, 0.717) is 5.69 Å². The Bertz CT molecular complexity index is 679. The first kappa shape index (κ1) is 15.7.